The summed E-state index contributed by atoms with van der Waals surface area (Å²) in [7, 11) is 0. The molecule has 6 rings (SSSR count). The lowest BCUT2D eigenvalue weighted by atomic mass is 10.0. The lowest BCUT2D eigenvalue weighted by molar-refractivity contribution is -0.129. The Hall–Kier alpha value is -3.49. The molecule has 3 aliphatic rings. The molecule has 1 aromatic heterocycles. The minimum atomic E-state index is -1.03. The summed E-state index contributed by atoms with van der Waals surface area (Å²) in [6, 6.07) is 15.7. The van der Waals surface area contributed by atoms with Crippen molar-refractivity contribution in [1.82, 2.24) is 20.1 Å². The predicted molar refractivity (Wildman–Crippen MR) is 130 cm³/mol. The molecule has 0 aliphatic carbocycles. The number of aromatic nitrogens is 1. The first-order valence-corrected chi connectivity index (χ1v) is 12.2. The van der Waals surface area contributed by atoms with Crippen LogP contribution in [0.3, 0.4) is 0 Å². The number of rotatable bonds is 5. The first-order chi connectivity index (χ1) is 17.0. The van der Waals surface area contributed by atoms with E-state index in [0.29, 0.717) is 24.9 Å². The summed E-state index contributed by atoms with van der Waals surface area (Å²) in [5.74, 6) is 0.473. The van der Waals surface area contributed by atoms with Gasteiger partial charge >= 0.3 is 0 Å². The summed E-state index contributed by atoms with van der Waals surface area (Å²) in [5, 5.41) is 14.0. The Labute approximate surface area is 203 Å². The molecule has 2 saturated heterocycles. The largest absolute Gasteiger partial charge is 0.489 e. The van der Waals surface area contributed by atoms with Gasteiger partial charge in [0.2, 0.25) is 5.91 Å². The predicted octanol–water partition coefficient (Wildman–Crippen LogP) is 2.44. The number of hydrogen-bond donors (Lipinski definition) is 2. The van der Waals surface area contributed by atoms with Gasteiger partial charge in [-0.2, -0.15) is 0 Å². The number of nitrogens with one attached hydrogen (secondary N) is 1. The van der Waals surface area contributed by atoms with Crippen LogP contribution in [0.2, 0.25) is 0 Å². The van der Waals surface area contributed by atoms with E-state index in [1.54, 1.807) is 4.90 Å². The number of nitrogens with zero attached hydrogens (tertiary/aromatic N) is 3. The van der Waals surface area contributed by atoms with Gasteiger partial charge in [-0.05, 0) is 60.4 Å². The minimum absolute atomic E-state index is 0.0961. The Balaban J connectivity index is 1.08. The standard InChI is InChI=1S/C27H28N4O4/c32-25-8-7-24(26(33)29-25)31-15-19-13-20(4-5-22(19)27(31)34)35-21-9-11-30(16-21)14-17-3-6-23-18(12-17)2-1-10-28-23/h1-6,10,12-13,21,24,26,33H,7-9,11,14-16H2,(H,29,32)/t21-,24?,26?/m0/s1. The zero-order valence-electron chi connectivity index (χ0n) is 19.4. The average molecular weight is 473 g/mol. The fourth-order valence-electron chi connectivity index (χ4n) is 5.47. The number of likely N-dealkylation sites (tertiary alicyclic amines) is 1. The Morgan fingerprint density at radius 1 is 1.11 bits per heavy atom. The van der Waals surface area contributed by atoms with Crippen LogP contribution in [0.25, 0.3) is 10.9 Å². The normalized spacial score (nSPS) is 24.6. The molecule has 2 fully saturated rings. The monoisotopic (exact) mass is 472 g/mol. The van der Waals surface area contributed by atoms with Gasteiger partial charge in [0.25, 0.3) is 5.91 Å². The van der Waals surface area contributed by atoms with Crippen LogP contribution in [0.4, 0.5) is 0 Å². The molecule has 2 amide bonds. The topological polar surface area (TPSA) is 95.0 Å². The van der Waals surface area contributed by atoms with Crippen LogP contribution in [0, 0.1) is 0 Å². The SMILES string of the molecule is O=C1CCC(N2Cc3cc(O[C@H]4CCN(Cc5ccc6ncccc6c5)C4)ccc3C2=O)C(O)N1. The van der Waals surface area contributed by atoms with Gasteiger partial charge in [0.15, 0.2) is 0 Å². The van der Waals surface area contributed by atoms with E-state index in [-0.39, 0.29) is 17.9 Å². The number of ether oxygens (including phenoxy) is 1. The second-order valence-electron chi connectivity index (χ2n) is 9.66. The van der Waals surface area contributed by atoms with Crippen LogP contribution in [-0.4, -0.2) is 63.2 Å². The number of pyridine rings is 1. The van der Waals surface area contributed by atoms with E-state index < -0.39 is 12.3 Å². The Morgan fingerprint density at radius 2 is 2.03 bits per heavy atom. The zero-order chi connectivity index (χ0) is 23.9. The third-order valence-electron chi connectivity index (χ3n) is 7.25. The highest BCUT2D eigenvalue weighted by molar-refractivity contribution is 5.99. The Bertz CT molecular complexity index is 1300. The van der Waals surface area contributed by atoms with Gasteiger partial charge < -0.3 is 20.1 Å². The fourth-order valence-corrected chi connectivity index (χ4v) is 5.47. The molecule has 2 N–H and O–H groups in total. The second kappa shape index (κ2) is 8.94. The molecule has 3 aromatic rings. The third kappa shape index (κ3) is 4.35. The molecule has 0 spiro atoms. The summed E-state index contributed by atoms with van der Waals surface area (Å²) >= 11 is 0. The third-order valence-corrected chi connectivity index (χ3v) is 7.25. The van der Waals surface area contributed by atoms with Crippen molar-refractivity contribution in [1.29, 1.82) is 0 Å². The van der Waals surface area contributed by atoms with Crippen molar-refractivity contribution < 1.29 is 19.4 Å². The first kappa shape index (κ1) is 22.0. The quantitative estimate of drug-likeness (QED) is 0.592. The molecular weight excluding hydrogens is 444 g/mol. The highest BCUT2D eigenvalue weighted by Crippen LogP contribution is 2.32. The summed E-state index contributed by atoms with van der Waals surface area (Å²) < 4.78 is 6.30. The van der Waals surface area contributed by atoms with Crippen molar-refractivity contribution >= 4 is 22.7 Å². The molecule has 0 bridgehead atoms. The molecule has 180 valence electrons. The number of benzene rings is 2. The van der Waals surface area contributed by atoms with Crippen LogP contribution < -0.4 is 10.1 Å². The van der Waals surface area contributed by atoms with Crippen LogP contribution in [0.1, 0.15) is 40.7 Å². The molecule has 8 nitrogen and oxygen atoms in total. The maximum Gasteiger partial charge on any atom is 0.254 e. The van der Waals surface area contributed by atoms with E-state index in [1.165, 1.54) is 5.56 Å². The number of aliphatic hydroxyl groups is 1. The van der Waals surface area contributed by atoms with E-state index in [2.05, 4.69) is 39.5 Å². The Kier molecular flexibility index (Phi) is 5.62. The summed E-state index contributed by atoms with van der Waals surface area (Å²) in [4.78, 5) is 32.9. The second-order valence-corrected chi connectivity index (χ2v) is 9.66. The van der Waals surface area contributed by atoms with Gasteiger partial charge in [-0.3, -0.25) is 19.5 Å². The molecule has 4 heterocycles. The molecular formula is C27H28N4O4. The molecule has 35 heavy (non-hydrogen) atoms. The summed E-state index contributed by atoms with van der Waals surface area (Å²) in [6.45, 7) is 3.11. The van der Waals surface area contributed by atoms with Crippen LogP contribution in [-0.2, 0) is 17.9 Å². The van der Waals surface area contributed by atoms with Crippen molar-refractivity contribution in [2.24, 2.45) is 0 Å². The van der Waals surface area contributed by atoms with Gasteiger partial charge in [-0.15, -0.1) is 0 Å². The smallest absolute Gasteiger partial charge is 0.254 e. The highest BCUT2D eigenvalue weighted by Gasteiger charge is 2.39. The van der Waals surface area contributed by atoms with E-state index in [4.69, 9.17) is 4.74 Å². The first-order valence-electron chi connectivity index (χ1n) is 12.2. The van der Waals surface area contributed by atoms with E-state index in [0.717, 1.165) is 48.3 Å². The number of aliphatic hydroxyl groups excluding tert-OH is 1. The lowest BCUT2D eigenvalue weighted by Gasteiger charge is -2.35. The average Bonchev–Trinajstić information content (AvgIpc) is 3.42. The van der Waals surface area contributed by atoms with Crippen molar-refractivity contribution in [3.8, 4) is 5.75 Å². The maximum absolute atomic E-state index is 12.9. The number of carbonyl (C=O) groups is 2. The number of fused-ring (bicyclic) bond motifs is 2. The number of hydrogen-bond acceptors (Lipinski definition) is 6. The molecule has 3 atom stereocenters. The molecule has 2 unspecified atom stereocenters. The lowest BCUT2D eigenvalue weighted by Crippen LogP contribution is -2.55. The van der Waals surface area contributed by atoms with Gasteiger partial charge in [0.1, 0.15) is 18.1 Å². The zero-order valence-corrected chi connectivity index (χ0v) is 19.4. The van der Waals surface area contributed by atoms with Gasteiger partial charge in [-0.25, -0.2) is 0 Å². The number of carbonyl (C=O) groups excluding carboxylic acids is 2. The van der Waals surface area contributed by atoms with Crippen molar-refractivity contribution in [2.75, 3.05) is 13.1 Å². The van der Waals surface area contributed by atoms with Crippen LogP contribution in [0.15, 0.2) is 54.7 Å². The van der Waals surface area contributed by atoms with Crippen molar-refractivity contribution in [2.45, 2.75) is 50.7 Å². The van der Waals surface area contributed by atoms with E-state index in [1.807, 2.05) is 30.5 Å². The maximum atomic E-state index is 12.9. The highest BCUT2D eigenvalue weighted by atomic mass is 16.5. The van der Waals surface area contributed by atoms with Gasteiger partial charge in [-0.1, -0.05) is 12.1 Å². The minimum Gasteiger partial charge on any atom is -0.489 e. The number of amides is 2. The van der Waals surface area contributed by atoms with Crippen molar-refractivity contribution in [3.05, 3.63) is 71.4 Å². The Morgan fingerprint density at radius 3 is 2.91 bits per heavy atom. The van der Waals surface area contributed by atoms with Crippen LogP contribution >= 0.6 is 0 Å². The number of piperidine rings is 1. The summed E-state index contributed by atoms with van der Waals surface area (Å²) in [5.41, 5.74) is 3.81. The van der Waals surface area contributed by atoms with Gasteiger partial charge in [0.05, 0.1) is 11.6 Å². The molecule has 3 aliphatic heterocycles. The van der Waals surface area contributed by atoms with E-state index in [9.17, 15) is 14.7 Å². The molecule has 2 aromatic carbocycles. The van der Waals surface area contributed by atoms with Crippen LogP contribution in [0.5, 0.6) is 5.75 Å². The molecule has 0 radical (unpaired) electrons. The van der Waals surface area contributed by atoms with E-state index >= 15 is 0 Å². The van der Waals surface area contributed by atoms with Gasteiger partial charge in [0, 0.05) is 49.7 Å². The molecule has 8 heteroatoms. The molecule has 0 saturated carbocycles. The summed E-state index contributed by atoms with van der Waals surface area (Å²) in [6.07, 6.45) is 2.60. The van der Waals surface area contributed by atoms with Crippen molar-refractivity contribution in [3.63, 3.8) is 0 Å². The fraction of sp³-hybridized carbons (Fsp3) is 0.370.